The molecule has 0 radical (unpaired) electrons. The van der Waals surface area contributed by atoms with Crippen LogP contribution in [0.25, 0.3) is 5.69 Å². The number of amides is 1. The number of likely N-dealkylation sites (tertiary alicyclic amines) is 1. The van der Waals surface area contributed by atoms with E-state index in [-0.39, 0.29) is 11.7 Å². The molecule has 5 nitrogen and oxygen atoms in total. The van der Waals surface area contributed by atoms with Crippen LogP contribution >= 0.6 is 0 Å². The molecular weight excluding hydrogens is 271 g/mol. The van der Waals surface area contributed by atoms with Gasteiger partial charge in [-0.3, -0.25) is 4.79 Å². The molecule has 0 N–H and O–H groups in total. The number of benzene rings is 1. The Morgan fingerprint density at radius 2 is 1.95 bits per heavy atom. The quantitative estimate of drug-likeness (QED) is 0.851. The third kappa shape index (κ3) is 2.30. The van der Waals surface area contributed by atoms with E-state index in [2.05, 4.69) is 10.3 Å². The van der Waals surface area contributed by atoms with Crippen molar-refractivity contribution in [2.45, 2.75) is 26.7 Å². The molecule has 21 heavy (non-hydrogen) atoms. The summed E-state index contributed by atoms with van der Waals surface area (Å²) >= 11 is 0. The Hall–Kier alpha value is -2.24. The summed E-state index contributed by atoms with van der Waals surface area (Å²) in [5.41, 5.74) is 2.09. The van der Waals surface area contributed by atoms with Gasteiger partial charge in [-0.05, 0) is 38.8 Å². The molecule has 0 saturated carbocycles. The van der Waals surface area contributed by atoms with Crippen LogP contribution in [0.3, 0.4) is 0 Å². The maximum absolute atomic E-state index is 13.7. The van der Waals surface area contributed by atoms with Crippen LogP contribution in [-0.2, 0) is 0 Å². The number of carbonyl (C=O) groups excluding carboxylic acids is 1. The first-order valence-electron chi connectivity index (χ1n) is 7.06. The van der Waals surface area contributed by atoms with E-state index in [1.54, 1.807) is 30.9 Å². The van der Waals surface area contributed by atoms with Gasteiger partial charge in [-0.15, -0.1) is 5.10 Å². The summed E-state index contributed by atoms with van der Waals surface area (Å²) in [5.74, 6) is -0.389. The third-order valence-corrected chi connectivity index (χ3v) is 3.96. The maximum atomic E-state index is 13.7. The molecular formula is C15H17FN4O. The molecule has 1 aromatic carbocycles. The standard InChI is InChI=1S/C15H17FN4O/c1-10-12(16)6-5-7-13(10)20-11(2)14(17-18-20)15(21)19-8-3-4-9-19/h5-7H,3-4,8-9H2,1-2H3. The molecule has 0 aliphatic carbocycles. The van der Waals surface area contributed by atoms with Crippen molar-refractivity contribution in [1.82, 2.24) is 19.9 Å². The van der Waals surface area contributed by atoms with Crippen molar-refractivity contribution >= 4 is 5.91 Å². The molecule has 1 aliphatic heterocycles. The normalized spacial score (nSPS) is 14.7. The number of aromatic nitrogens is 3. The number of hydrogen-bond donors (Lipinski definition) is 0. The zero-order chi connectivity index (χ0) is 15.0. The van der Waals surface area contributed by atoms with Crippen LogP contribution in [0.5, 0.6) is 0 Å². The van der Waals surface area contributed by atoms with Crippen molar-refractivity contribution in [1.29, 1.82) is 0 Å². The van der Waals surface area contributed by atoms with Crippen LogP contribution in [0.4, 0.5) is 4.39 Å². The average Bonchev–Trinajstić information content (AvgIpc) is 3.11. The fourth-order valence-electron chi connectivity index (χ4n) is 2.65. The van der Waals surface area contributed by atoms with E-state index in [1.165, 1.54) is 10.7 Å². The molecule has 1 saturated heterocycles. The Labute approximate surface area is 122 Å². The Balaban J connectivity index is 1.99. The van der Waals surface area contributed by atoms with E-state index in [0.717, 1.165) is 25.9 Å². The van der Waals surface area contributed by atoms with E-state index in [0.29, 0.717) is 22.6 Å². The van der Waals surface area contributed by atoms with Gasteiger partial charge in [0.2, 0.25) is 0 Å². The van der Waals surface area contributed by atoms with Gasteiger partial charge in [-0.25, -0.2) is 9.07 Å². The number of hydrogen-bond acceptors (Lipinski definition) is 3. The van der Waals surface area contributed by atoms with Gasteiger partial charge in [0.15, 0.2) is 5.69 Å². The SMILES string of the molecule is Cc1c(F)cccc1-n1nnc(C(=O)N2CCCC2)c1C. The lowest BCUT2D eigenvalue weighted by molar-refractivity contribution is 0.0786. The molecule has 1 aliphatic rings. The maximum Gasteiger partial charge on any atom is 0.276 e. The molecule has 110 valence electrons. The van der Waals surface area contributed by atoms with Gasteiger partial charge in [0.1, 0.15) is 5.82 Å². The van der Waals surface area contributed by atoms with Gasteiger partial charge in [0.05, 0.1) is 11.4 Å². The van der Waals surface area contributed by atoms with Crippen LogP contribution in [0.2, 0.25) is 0 Å². The van der Waals surface area contributed by atoms with Gasteiger partial charge >= 0.3 is 0 Å². The molecule has 3 rings (SSSR count). The zero-order valence-corrected chi connectivity index (χ0v) is 12.1. The fraction of sp³-hybridized carbons (Fsp3) is 0.400. The molecule has 2 heterocycles. The molecule has 0 bridgehead atoms. The molecule has 1 aromatic heterocycles. The van der Waals surface area contributed by atoms with E-state index < -0.39 is 0 Å². The minimum Gasteiger partial charge on any atom is -0.337 e. The van der Waals surface area contributed by atoms with Crippen molar-refractivity contribution in [3.05, 3.63) is 41.0 Å². The van der Waals surface area contributed by atoms with Crippen molar-refractivity contribution in [3.8, 4) is 5.69 Å². The Bertz CT molecular complexity index is 689. The van der Waals surface area contributed by atoms with Crippen molar-refractivity contribution in [2.24, 2.45) is 0 Å². The number of carbonyl (C=O) groups is 1. The predicted molar refractivity (Wildman–Crippen MR) is 75.9 cm³/mol. The van der Waals surface area contributed by atoms with Crippen LogP contribution in [-0.4, -0.2) is 38.9 Å². The second-order valence-electron chi connectivity index (χ2n) is 5.32. The minimum absolute atomic E-state index is 0.0923. The highest BCUT2D eigenvalue weighted by molar-refractivity contribution is 5.93. The molecule has 2 aromatic rings. The highest BCUT2D eigenvalue weighted by Crippen LogP contribution is 2.20. The summed E-state index contributed by atoms with van der Waals surface area (Å²) in [4.78, 5) is 14.2. The summed E-state index contributed by atoms with van der Waals surface area (Å²) in [6.45, 7) is 5.01. The summed E-state index contributed by atoms with van der Waals surface area (Å²) in [7, 11) is 0. The van der Waals surface area contributed by atoms with Crippen LogP contribution < -0.4 is 0 Å². The highest BCUT2D eigenvalue weighted by atomic mass is 19.1. The Kier molecular flexibility index (Phi) is 3.45. The first kappa shape index (κ1) is 13.7. The van der Waals surface area contributed by atoms with Crippen LogP contribution in [0.1, 0.15) is 34.6 Å². The van der Waals surface area contributed by atoms with Gasteiger partial charge in [-0.1, -0.05) is 11.3 Å². The van der Waals surface area contributed by atoms with Crippen molar-refractivity contribution in [3.63, 3.8) is 0 Å². The summed E-state index contributed by atoms with van der Waals surface area (Å²) in [6, 6.07) is 4.80. The van der Waals surface area contributed by atoms with Crippen LogP contribution in [0.15, 0.2) is 18.2 Å². The monoisotopic (exact) mass is 288 g/mol. The van der Waals surface area contributed by atoms with E-state index in [4.69, 9.17) is 0 Å². The Morgan fingerprint density at radius 3 is 2.67 bits per heavy atom. The van der Waals surface area contributed by atoms with Crippen LogP contribution in [0, 0.1) is 19.7 Å². The molecule has 0 spiro atoms. The number of nitrogens with zero attached hydrogens (tertiary/aromatic N) is 4. The lowest BCUT2D eigenvalue weighted by Gasteiger charge is -2.13. The predicted octanol–water partition coefficient (Wildman–Crippen LogP) is 2.26. The number of halogens is 1. The zero-order valence-electron chi connectivity index (χ0n) is 12.1. The van der Waals surface area contributed by atoms with Gasteiger partial charge in [-0.2, -0.15) is 0 Å². The lowest BCUT2D eigenvalue weighted by atomic mass is 10.2. The average molecular weight is 288 g/mol. The second-order valence-corrected chi connectivity index (χ2v) is 5.32. The fourth-order valence-corrected chi connectivity index (χ4v) is 2.65. The molecule has 1 fully saturated rings. The molecule has 0 atom stereocenters. The van der Waals surface area contributed by atoms with Crippen molar-refractivity contribution < 1.29 is 9.18 Å². The topological polar surface area (TPSA) is 51.0 Å². The largest absolute Gasteiger partial charge is 0.337 e. The lowest BCUT2D eigenvalue weighted by Crippen LogP contribution is -2.28. The van der Waals surface area contributed by atoms with Gasteiger partial charge in [0, 0.05) is 18.7 Å². The summed E-state index contributed by atoms with van der Waals surface area (Å²) in [6.07, 6.45) is 2.06. The van der Waals surface area contributed by atoms with E-state index in [9.17, 15) is 9.18 Å². The van der Waals surface area contributed by atoms with Gasteiger partial charge < -0.3 is 4.90 Å². The third-order valence-electron chi connectivity index (χ3n) is 3.96. The number of rotatable bonds is 2. The van der Waals surface area contributed by atoms with Crippen molar-refractivity contribution in [2.75, 3.05) is 13.1 Å². The van der Waals surface area contributed by atoms with E-state index in [1.807, 2.05) is 0 Å². The second kappa shape index (κ2) is 5.27. The summed E-state index contributed by atoms with van der Waals surface area (Å²) < 4.78 is 15.2. The van der Waals surface area contributed by atoms with E-state index >= 15 is 0 Å². The Morgan fingerprint density at radius 1 is 1.24 bits per heavy atom. The minimum atomic E-state index is -0.296. The van der Waals surface area contributed by atoms with Gasteiger partial charge in [0.25, 0.3) is 5.91 Å². The molecule has 1 amide bonds. The highest BCUT2D eigenvalue weighted by Gasteiger charge is 2.25. The molecule has 0 unspecified atom stereocenters. The smallest absolute Gasteiger partial charge is 0.276 e. The first-order chi connectivity index (χ1) is 10.1. The summed E-state index contributed by atoms with van der Waals surface area (Å²) in [5, 5.41) is 8.04. The first-order valence-corrected chi connectivity index (χ1v) is 7.06. The molecule has 6 heteroatoms.